The fourth-order valence-corrected chi connectivity index (χ4v) is 7.41. The summed E-state index contributed by atoms with van der Waals surface area (Å²) in [7, 11) is 0.819. The number of nitrogens with zero attached hydrogens (tertiary/aromatic N) is 2. The molecule has 0 aromatic heterocycles. The van der Waals surface area contributed by atoms with Gasteiger partial charge in [0.25, 0.3) is 0 Å². The van der Waals surface area contributed by atoms with Crippen molar-refractivity contribution < 1.29 is 9.47 Å². The van der Waals surface area contributed by atoms with E-state index in [4.69, 9.17) is 19.5 Å². The highest BCUT2D eigenvalue weighted by Gasteiger charge is 2.28. The van der Waals surface area contributed by atoms with Gasteiger partial charge in [0.15, 0.2) is 7.28 Å². The summed E-state index contributed by atoms with van der Waals surface area (Å²) in [6.07, 6.45) is 0. The fourth-order valence-electron chi connectivity index (χ4n) is 7.41. The Labute approximate surface area is 306 Å². The summed E-state index contributed by atoms with van der Waals surface area (Å²) in [6.45, 7) is 9.60. The molecule has 0 amide bonds. The van der Waals surface area contributed by atoms with Crippen LogP contribution in [0.4, 0.5) is 11.4 Å². The molecule has 3 aliphatic rings. The van der Waals surface area contributed by atoms with Crippen LogP contribution in [0.3, 0.4) is 0 Å². The second-order valence-corrected chi connectivity index (χ2v) is 15.3. The van der Waals surface area contributed by atoms with Gasteiger partial charge in [-0.2, -0.15) is 0 Å². The molecule has 0 saturated carbocycles. The highest BCUT2D eigenvalue weighted by molar-refractivity contribution is 6.70. The Morgan fingerprint density at radius 1 is 0.462 bits per heavy atom. The molecule has 1 N–H and O–H groups in total. The smallest absolute Gasteiger partial charge is 0.216 e. The first-order valence-corrected chi connectivity index (χ1v) is 18.1. The summed E-state index contributed by atoms with van der Waals surface area (Å²) in [5.74, 6) is 1.44. The zero-order valence-corrected chi connectivity index (χ0v) is 30.0. The molecule has 52 heavy (non-hydrogen) atoms. The van der Waals surface area contributed by atoms with Gasteiger partial charge in [0, 0.05) is 33.6 Å². The van der Waals surface area contributed by atoms with Gasteiger partial charge in [-0.3, -0.25) is 0 Å². The van der Waals surface area contributed by atoms with Crippen molar-refractivity contribution in [2.45, 2.75) is 38.8 Å². The van der Waals surface area contributed by atoms with E-state index in [0.29, 0.717) is 13.2 Å². The topological polar surface area (TPSA) is 55.2 Å². The van der Waals surface area contributed by atoms with Crippen LogP contribution < -0.4 is 16.2 Å². The van der Waals surface area contributed by atoms with Crippen molar-refractivity contribution >= 4 is 41.4 Å². The van der Waals surface area contributed by atoms with Crippen molar-refractivity contribution in [3.8, 4) is 44.5 Å². The first-order valence-electron chi connectivity index (χ1n) is 18.1. The number of hydrogen-bond donors (Lipinski definition) is 1. The Hall–Kier alpha value is -5.88. The van der Waals surface area contributed by atoms with Gasteiger partial charge in [-0.15, -0.1) is 0 Å². The third-order valence-corrected chi connectivity index (χ3v) is 10.2. The highest BCUT2D eigenvalue weighted by atomic mass is 16.5. The largest absolute Gasteiger partial charge is 0.475 e. The molecule has 254 valence electrons. The number of benzene rings is 6. The van der Waals surface area contributed by atoms with Gasteiger partial charge >= 0.3 is 0 Å². The van der Waals surface area contributed by atoms with Crippen LogP contribution in [0.15, 0.2) is 143 Å². The van der Waals surface area contributed by atoms with Crippen LogP contribution >= 0.6 is 0 Å². The van der Waals surface area contributed by atoms with Crippen LogP contribution in [-0.2, 0) is 9.47 Å². The van der Waals surface area contributed by atoms with E-state index in [1.165, 1.54) is 33.2 Å². The normalized spacial score (nSPS) is 16.3. The van der Waals surface area contributed by atoms with Crippen molar-refractivity contribution in [3.63, 3.8) is 0 Å². The molecule has 0 saturated heterocycles. The van der Waals surface area contributed by atoms with E-state index in [0.717, 1.165) is 63.8 Å². The highest BCUT2D eigenvalue weighted by Crippen LogP contribution is 2.39. The molecular weight excluding hydrogens is 637 g/mol. The van der Waals surface area contributed by atoms with Crippen molar-refractivity contribution in [1.29, 1.82) is 0 Å². The van der Waals surface area contributed by atoms with Crippen LogP contribution in [0.2, 0.25) is 0 Å². The van der Waals surface area contributed by atoms with E-state index in [-0.39, 0.29) is 11.1 Å². The molecule has 0 fully saturated rings. The van der Waals surface area contributed by atoms with Gasteiger partial charge < -0.3 is 14.8 Å². The minimum absolute atomic E-state index is 0.188. The molecule has 6 aromatic rings. The molecule has 0 unspecified atom stereocenters. The van der Waals surface area contributed by atoms with E-state index in [2.05, 4.69) is 166 Å². The number of nitrogens with one attached hydrogen (secondary N) is 1. The zero-order chi connectivity index (χ0) is 35.5. The molecule has 0 atom stereocenters. The van der Waals surface area contributed by atoms with E-state index in [9.17, 15) is 0 Å². The molecule has 0 spiro atoms. The Morgan fingerprint density at radius 2 is 0.846 bits per heavy atom. The Kier molecular flexibility index (Phi) is 7.65. The van der Waals surface area contributed by atoms with E-state index in [1.54, 1.807) is 0 Å². The maximum Gasteiger partial charge on any atom is 0.216 e. The van der Waals surface area contributed by atoms with Crippen molar-refractivity contribution in [1.82, 2.24) is 0 Å². The van der Waals surface area contributed by atoms with Gasteiger partial charge in [0.05, 0.1) is 11.1 Å². The number of aliphatic imine (C=N–C) groups is 2. The summed E-state index contributed by atoms with van der Waals surface area (Å²) in [4.78, 5) is 9.54. The maximum absolute atomic E-state index is 5.91. The second kappa shape index (κ2) is 12.4. The molecule has 5 nitrogen and oxygen atoms in total. The summed E-state index contributed by atoms with van der Waals surface area (Å²) >= 11 is 0. The lowest BCUT2D eigenvalue weighted by Crippen LogP contribution is -2.30. The first kappa shape index (κ1) is 32.1. The molecular formula is C46H40BN3O2. The third kappa shape index (κ3) is 6.09. The standard InChI is InChI=1S/C46H40BN3O2/c1-45(2)27-51-43(49-45)31-17-13-29(14-18-31)33-21-23-41-37(25-33)35-9-5-7-11-39(35)47-40-12-8-6-10-36(40)38-26-34(22-24-42(38)48-41)30-15-19-32(20-16-30)44-50-46(3,4)28-52-44/h5-26,47-48H,27-28H2,1-4H3. The first-order chi connectivity index (χ1) is 25.2. The van der Waals surface area contributed by atoms with E-state index >= 15 is 0 Å². The Bertz CT molecular complexity index is 2240. The van der Waals surface area contributed by atoms with Gasteiger partial charge in [-0.25, -0.2) is 9.98 Å². The van der Waals surface area contributed by atoms with Gasteiger partial charge in [-0.05, 0) is 110 Å². The number of ether oxygens (including phenoxy) is 2. The molecule has 0 radical (unpaired) electrons. The second-order valence-electron chi connectivity index (χ2n) is 15.3. The van der Waals surface area contributed by atoms with Crippen LogP contribution in [0.5, 0.6) is 0 Å². The molecule has 6 aromatic carbocycles. The summed E-state index contributed by atoms with van der Waals surface area (Å²) < 4.78 is 11.8. The third-order valence-electron chi connectivity index (χ3n) is 10.2. The number of anilines is 2. The minimum Gasteiger partial charge on any atom is -0.475 e. The SMILES string of the molecule is CC1(C)COC(c2ccc(-c3ccc4c(c3)-c3ccccc3Bc3ccccc3-c3cc(-c5ccc(C6=NC(C)(C)CO6)cc5)ccc3N4)cc2)=N1. The van der Waals surface area contributed by atoms with Crippen LogP contribution in [-0.4, -0.2) is 43.4 Å². The summed E-state index contributed by atoms with van der Waals surface area (Å²) in [5, 5.41) is 3.89. The fraction of sp³-hybridized carbons (Fsp3) is 0.174. The quantitative estimate of drug-likeness (QED) is 0.189. The average Bonchev–Trinajstić information content (AvgIpc) is 3.72. The Balaban J connectivity index is 1.12. The molecule has 3 aliphatic heterocycles. The molecule has 0 aliphatic carbocycles. The van der Waals surface area contributed by atoms with Crippen molar-refractivity contribution in [2.75, 3.05) is 18.5 Å². The number of rotatable bonds is 4. The number of hydrogen-bond acceptors (Lipinski definition) is 5. The molecule has 3 heterocycles. The van der Waals surface area contributed by atoms with E-state index in [1.807, 2.05) is 0 Å². The van der Waals surface area contributed by atoms with Crippen LogP contribution in [0.1, 0.15) is 38.8 Å². The minimum atomic E-state index is -0.188. The predicted molar refractivity (Wildman–Crippen MR) is 217 cm³/mol. The van der Waals surface area contributed by atoms with Gasteiger partial charge in [-0.1, -0.05) is 95.9 Å². The molecule has 9 rings (SSSR count). The van der Waals surface area contributed by atoms with Crippen molar-refractivity contribution in [2.24, 2.45) is 9.98 Å². The summed E-state index contributed by atoms with van der Waals surface area (Å²) in [6, 6.07) is 48.3. The number of fused-ring (bicyclic) bond motifs is 6. The average molecular weight is 678 g/mol. The van der Waals surface area contributed by atoms with Crippen LogP contribution in [0.25, 0.3) is 44.5 Å². The van der Waals surface area contributed by atoms with Gasteiger partial charge in [0.1, 0.15) is 13.2 Å². The van der Waals surface area contributed by atoms with Gasteiger partial charge in [0.2, 0.25) is 11.8 Å². The van der Waals surface area contributed by atoms with Crippen molar-refractivity contribution in [3.05, 3.63) is 145 Å². The summed E-state index contributed by atoms with van der Waals surface area (Å²) in [5.41, 5.74) is 15.8. The Morgan fingerprint density at radius 3 is 1.25 bits per heavy atom. The van der Waals surface area contributed by atoms with E-state index < -0.39 is 0 Å². The van der Waals surface area contributed by atoms with Crippen LogP contribution in [0, 0.1) is 0 Å². The lowest BCUT2D eigenvalue weighted by Gasteiger charge is -2.23. The predicted octanol–water partition coefficient (Wildman–Crippen LogP) is 8.91. The molecule has 6 heteroatoms. The molecule has 0 bridgehead atoms. The zero-order valence-electron chi connectivity index (χ0n) is 30.0. The lowest BCUT2D eigenvalue weighted by atomic mass is 9.59. The maximum atomic E-state index is 5.91. The lowest BCUT2D eigenvalue weighted by molar-refractivity contribution is 0.279. The monoisotopic (exact) mass is 677 g/mol.